The Bertz CT molecular complexity index is 1640. The first-order valence-electron chi connectivity index (χ1n) is 12.4. The molecule has 12 heteroatoms. The van der Waals surface area contributed by atoms with Gasteiger partial charge in [0.2, 0.25) is 5.91 Å². The van der Waals surface area contributed by atoms with Crippen molar-refractivity contribution in [3.05, 3.63) is 110 Å². The maximum absolute atomic E-state index is 13.1. The van der Waals surface area contributed by atoms with Crippen LogP contribution in [0.2, 0.25) is 20.1 Å². The Morgan fingerprint density at radius 3 is 2.00 bits per heavy atom. The molecule has 0 aliphatic heterocycles. The van der Waals surface area contributed by atoms with Gasteiger partial charge < -0.3 is 20.5 Å². The second-order valence-corrected chi connectivity index (χ2v) is 11.5. The molecule has 0 bridgehead atoms. The lowest BCUT2D eigenvalue weighted by Gasteiger charge is -2.16. The Balaban J connectivity index is 1.44. The van der Waals surface area contributed by atoms with Crippen molar-refractivity contribution in [2.45, 2.75) is 23.5 Å². The summed E-state index contributed by atoms with van der Waals surface area (Å²) in [7, 11) is 0. The molecule has 0 fully saturated rings. The van der Waals surface area contributed by atoms with Gasteiger partial charge >= 0.3 is 5.97 Å². The van der Waals surface area contributed by atoms with Crippen LogP contribution in [0.4, 0.5) is 11.4 Å². The summed E-state index contributed by atoms with van der Waals surface area (Å²) in [6.07, 6.45) is 0.529. The molecule has 1 atom stereocenters. The average Bonchev–Trinajstić information content (AvgIpc) is 2.98. The summed E-state index contributed by atoms with van der Waals surface area (Å²) in [6.45, 7) is 1.89. The van der Waals surface area contributed by atoms with E-state index in [1.165, 1.54) is 11.8 Å². The zero-order valence-corrected chi connectivity index (χ0v) is 25.6. The lowest BCUT2D eigenvalue weighted by molar-refractivity contribution is -0.115. The molecule has 4 aromatic carbocycles. The lowest BCUT2D eigenvalue weighted by atomic mass is 10.1. The summed E-state index contributed by atoms with van der Waals surface area (Å²) in [5, 5.41) is 13.5. The number of carbonyl (C=O) groups is 3. The number of rotatable bonds is 10. The van der Waals surface area contributed by atoms with E-state index in [0.29, 0.717) is 34.2 Å². The molecule has 4 aromatic rings. The van der Waals surface area contributed by atoms with Crippen molar-refractivity contribution in [2.75, 3.05) is 10.6 Å². The molecule has 2 amide bonds. The SMILES string of the molecule is CCC(Sc1cccc(NC(=O)c2c(Cl)c(Cl)c(Cl)c(Cl)c2C(=O)O)c1)C(=O)Nc1ccc(Oc2ccccc2)cc1. The normalized spacial score (nSPS) is 11.5. The highest BCUT2D eigenvalue weighted by molar-refractivity contribution is 8.00. The summed E-state index contributed by atoms with van der Waals surface area (Å²) in [5.74, 6) is -1.19. The molecule has 42 heavy (non-hydrogen) atoms. The van der Waals surface area contributed by atoms with Crippen molar-refractivity contribution in [2.24, 2.45) is 0 Å². The largest absolute Gasteiger partial charge is 0.478 e. The quantitative estimate of drug-likeness (QED) is 0.0887. The second kappa shape index (κ2) is 14.2. The number of hydrogen-bond donors (Lipinski definition) is 3. The molecule has 0 saturated carbocycles. The van der Waals surface area contributed by atoms with Crippen molar-refractivity contribution < 1.29 is 24.2 Å². The van der Waals surface area contributed by atoms with Crippen LogP contribution in [0.25, 0.3) is 0 Å². The number of ether oxygens (including phenoxy) is 1. The van der Waals surface area contributed by atoms with Gasteiger partial charge in [0.15, 0.2) is 0 Å². The molecule has 0 aromatic heterocycles. The van der Waals surface area contributed by atoms with Crippen LogP contribution in [0.3, 0.4) is 0 Å². The molecule has 216 valence electrons. The molecule has 0 radical (unpaired) electrons. The van der Waals surface area contributed by atoms with Crippen LogP contribution < -0.4 is 15.4 Å². The molecule has 0 saturated heterocycles. The number of carboxylic acids is 1. The summed E-state index contributed by atoms with van der Waals surface area (Å²) >= 11 is 25.6. The molecule has 0 aliphatic rings. The minimum atomic E-state index is -1.50. The van der Waals surface area contributed by atoms with Crippen LogP contribution in [0.5, 0.6) is 11.5 Å². The molecule has 0 aliphatic carbocycles. The Morgan fingerprint density at radius 2 is 1.38 bits per heavy atom. The highest BCUT2D eigenvalue weighted by Crippen LogP contribution is 2.42. The predicted octanol–water partition coefficient (Wildman–Crippen LogP) is 9.55. The number of hydrogen-bond acceptors (Lipinski definition) is 5. The topological polar surface area (TPSA) is 105 Å². The van der Waals surface area contributed by atoms with Crippen molar-refractivity contribution in [3.63, 3.8) is 0 Å². The third-order valence-corrected chi connectivity index (χ3v) is 9.00. The number of halogens is 4. The number of anilines is 2. The van der Waals surface area contributed by atoms with Gasteiger partial charge in [-0.15, -0.1) is 11.8 Å². The molecule has 0 heterocycles. The molecule has 0 spiro atoms. The minimum Gasteiger partial charge on any atom is -0.478 e. The van der Waals surface area contributed by atoms with Crippen LogP contribution in [-0.2, 0) is 4.79 Å². The zero-order valence-electron chi connectivity index (χ0n) is 21.8. The monoisotopic (exact) mass is 662 g/mol. The minimum absolute atomic E-state index is 0.197. The average molecular weight is 664 g/mol. The van der Waals surface area contributed by atoms with Gasteiger partial charge in [-0.05, 0) is 61.0 Å². The first-order chi connectivity index (χ1) is 20.1. The fourth-order valence-corrected chi connectivity index (χ4v) is 5.86. The molecule has 4 rings (SSSR count). The van der Waals surface area contributed by atoms with Gasteiger partial charge in [0, 0.05) is 16.3 Å². The Kier molecular flexibility index (Phi) is 10.6. The van der Waals surface area contributed by atoms with Gasteiger partial charge in [-0.2, -0.15) is 0 Å². The van der Waals surface area contributed by atoms with Gasteiger partial charge in [-0.25, -0.2) is 4.79 Å². The number of para-hydroxylation sites is 1. The number of thioether (sulfide) groups is 1. The first kappa shape index (κ1) is 31.5. The Hall–Kier alpha value is -3.40. The fourth-order valence-electron chi connectivity index (χ4n) is 3.83. The lowest BCUT2D eigenvalue weighted by Crippen LogP contribution is -2.24. The van der Waals surface area contributed by atoms with E-state index in [-0.39, 0.29) is 21.0 Å². The van der Waals surface area contributed by atoms with E-state index in [1.807, 2.05) is 37.3 Å². The van der Waals surface area contributed by atoms with Crippen LogP contribution in [-0.4, -0.2) is 28.1 Å². The van der Waals surface area contributed by atoms with Gasteiger partial charge in [0.05, 0.1) is 36.5 Å². The predicted molar refractivity (Wildman–Crippen MR) is 169 cm³/mol. The standard InChI is InChI=1S/C30H22Cl4N2O5S/c1-2-21(28(37)35-16-11-13-19(14-12-16)41-18-8-4-3-5-9-18)42-20-10-6-7-17(15-20)36-29(38)22-23(30(39)40)25(32)27(34)26(33)24(22)31/h3-15,21H,2H2,1H3,(H,35,37)(H,36,38)(H,39,40). The van der Waals surface area contributed by atoms with E-state index >= 15 is 0 Å². The summed E-state index contributed by atoms with van der Waals surface area (Å²) in [4.78, 5) is 38.7. The van der Waals surface area contributed by atoms with Gasteiger partial charge in [0.25, 0.3) is 5.91 Å². The number of carboxylic acid groups (broad SMARTS) is 1. The summed E-state index contributed by atoms with van der Waals surface area (Å²) < 4.78 is 5.79. The third-order valence-electron chi connectivity index (χ3n) is 5.84. The molecule has 7 nitrogen and oxygen atoms in total. The van der Waals surface area contributed by atoms with E-state index in [2.05, 4.69) is 10.6 Å². The summed E-state index contributed by atoms with van der Waals surface area (Å²) in [5.41, 5.74) is -0.0372. The number of nitrogens with one attached hydrogen (secondary N) is 2. The van der Waals surface area contributed by atoms with Gasteiger partial charge in [0.1, 0.15) is 11.5 Å². The number of aromatic carboxylic acids is 1. The maximum Gasteiger partial charge on any atom is 0.338 e. The number of benzene rings is 4. The van der Waals surface area contributed by atoms with Crippen molar-refractivity contribution >= 4 is 87.3 Å². The highest BCUT2D eigenvalue weighted by atomic mass is 35.5. The molecule has 1 unspecified atom stereocenters. The van der Waals surface area contributed by atoms with Crippen LogP contribution in [0.1, 0.15) is 34.1 Å². The molecular weight excluding hydrogens is 642 g/mol. The maximum atomic E-state index is 13.1. The smallest absolute Gasteiger partial charge is 0.338 e. The Labute approximate surface area is 266 Å². The zero-order chi connectivity index (χ0) is 30.4. The molecule has 3 N–H and O–H groups in total. The molecular formula is C30H22Cl4N2O5S. The second-order valence-electron chi connectivity index (χ2n) is 8.74. The van der Waals surface area contributed by atoms with E-state index in [9.17, 15) is 19.5 Å². The van der Waals surface area contributed by atoms with E-state index in [1.54, 1.807) is 48.5 Å². The van der Waals surface area contributed by atoms with Crippen LogP contribution >= 0.6 is 58.2 Å². The van der Waals surface area contributed by atoms with Crippen LogP contribution in [0, 0.1) is 0 Å². The van der Waals surface area contributed by atoms with Crippen molar-refractivity contribution in [1.82, 2.24) is 0 Å². The Morgan fingerprint density at radius 1 is 0.762 bits per heavy atom. The van der Waals surface area contributed by atoms with Crippen molar-refractivity contribution in [3.8, 4) is 11.5 Å². The van der Waals surface area contributed by atoms with Crippen LogP contribution in [0.15, 0.2) is 83.8 Å². The van der Waals surface area contributed by atoms with E-state index in [0.717, 1.165) is 0 Å². The summed E-state index contributed by atoms with van der Waals surface area (Å²) in [6, 6.07) is 23.2. The highest BCUT2D eigenvalue weighted by Gasteiger charge is 2.29. The fraction of sp³-hybridized carbons (Fsp3) is 0.100. The van der Waals surface area contributed by atoms with E-state index < -0.39 is 33.3 Å². The number of carbonyl (C=O) groups excluding carboxylic acids is 2. The first-order valence-corrected chi connectivity index (χ1v) is 14.8. The van der Waals surface area contributed by atoms with Gasteiger partial charge in [-0.1, -0.05) is 77.6 Å². The van der Waals surface area contributed by atoms with Crippen molar-refractivity contribution in [1.29, 1.82) is 0 Å². The third kappa shape index (κ3) is 7.51. The van der Waals surface area contributed by atoms with E-state index in [4.69, 9.17) is 51.1 Å². The van der Waals surface area contributed by atoms with Gasteiger partial charge in [-0.3, -0.25) is 9.59 Å². The number of amides is 2.